The molecule has 19 heavy (non-hydrogen) atoms. The summed E-state index contributed by atoms with van der Waals surface area (Å²) in [6, 6.07) is 7.77. The van der Waals surface area contributed by atoms with Crippen molar-refractivity contribution in [2.45, 2.75) is 32.6 Å². The number of rotatable bonds is 8. The van der Waals surface area contributed by atoms with Crippen molar-refractivity contribution in [1.82, 2.24) is 10.6 Å². The molecule has 0 spiro atoms. The quantitative estimate of drug-likeness (QED) is 0.709. The van der Waals surface area contributed by atoms with Crippen molar-refractivity contribution in [3.8, 4) is 5.75 Å². The van der Waals surface area contributed by atoms with Crippen molar-refractivity contribution in [2.24, 2.45) is 0 Å². The number of carbonyl (C=O) groups excluding carboxylic acids is 1. The van der Waals surface area contributed by atoms with Gasteiger partial charge in [0.05, 0.1) is 7.11 Å². The van der Waals surface area contributed by atoms with Gasteiger partial charge in [-0.2, -0.15) is 0 Å². The third-order valence-electron chi connectivity index (χ3n) is 2.94. The number of nitrogens with one attached hydrogen (secondary N) is 2. The van der Waals surface area contributed by atoms with Crippen LogP contribution in [0.15, 0.2) is 24.3 Å². The van der Waals surface area contributed by atoms with Gasteiger partial charge in [0, 0.05) is 13.1 Å². The Hall–Kier alpha value is -1.71. The summed E-state index contributed by atoms with van der Waals surface area (Å²) in [4.78, 5) is 11.5. The molecular formula is C15H24N2O2. The molecule has 0 heterocycles. The number of amides is 2. The Morgan fingerprint density at radius 3 is 2.63 bits per heavy atom. The van der Waals surface area contributed by atoms with Gasteiger partial charge in [-0.15, -0.1) is 0 Å². The highest BCUT2D eigenvalue weighted by Gasteiger charge is 2.03. The largest absolute Gasteiger partial charge is 0.496 e. The summed E-state index contributed by atoms with van der Waals surface area (Å²) >= 11 is 0. The van der Waals surface area contributed by atoms with Gasteiger partial charge in [0.2, 0.25) is 0 Å². The van der Waals surface area contributed by atoms with Crippen LogP contribution in [0.1, 0.15) is 31.7 Å². The van der Waals surface area contributed by atoms with Gasteiger partial charge in [0.15, 0.2) is 0 Å². The molecule has 2 amide bonds. The molecule has 0 bridgehead atoms. The lowest BCUT2D eigenvalue weighted by Crippen LogP contribution is -2.37. The maximum atomic E-state index is 11.5. The smallest absolute Gasteiger partial charge is 0.314 e. The third-order valence-corrected chi connectivity index (χ3v) is 2.94. The molecular weight excluding hydrogens is 240 g/mol. The minimum absolute atomic E-state index is 0.0917. The lowest BCUT2D eigenvalue weighted by atomic mass is 10.1. The van der Waals surface area contributed by atoms with E-state index in [2.05, 4.69) is 17.6 Å². The molecule has 4 nitrogen and oxygen atoms in total. The van der Waals surface area contributed by atoms with E-state index in [1.54, 1.807) is 7.11 Å². The van der Waals surface area contributed by atoms with Crippen molar-refractivity contribution in [2.75, 3.05) is 20.2 Å². The molecule has 0 aliphatic rings. The zero-order chi connectivity index (χ0) is 13.9. The normalized spacial score (nSPS) is 10.0. The van der Waals surface area contributed by atoms with Crippen LogP contribution < -0.4 is 15.4 Å². The van der Waals surface area contributed by atoms with Gasteiger partial charge < -0.3 is 15.4 Å². The first-order chi connectivity index (χ1) is 9.27. The van der Waals surface area contributed by atoms with Gasteiger partial charge in [0.1, 0.15) is 5.75 Å². The molecule has 106 valence electrons. The van der Waals surface area contributed by atoms with E-state index in [1.807, 2.05) is 24.3 Å². The molecule has 0 atom stereocenters. The van der Waals surface area contributed by atoms with Gasteiger partial charge in [-0.1, -0.05) is 38.0 Å². The van der Waals surface area contributed by atoms with Gasteiger partial charge in [-0.3, -0.25) is 0 Å². The molecule has 0 unspecified atom stereocenters. The lowest BCUT2D eigenvalue weighted by molar-refractivity contribution is 0.241. The molecule has 0 saturated heterocycles. The molecule has 1 rings (SSSR count). The van der Waals surface area contributed by atoms with E-state index in [1.165, 1.54) is 0 Å². The third kappa shape index (κ3) is 6.13. The Morgan fingerprint density at radius 2 is 1.89 bits per heavy atom. The summed E-state index contributed by atoms with van der Waals surface area (Å²) in [6.07, 6.45) is 4.13. The summed E-state index contributed by atoms with van der Waals surface area (Å²) in [5.41, 5.74) is 1.11. The molecule has 1 aromatic rings. The average molecular weight is 264 g/mol. The van der Waals surface area contributed by atoms with Gasteiger partial charge in [0.25, 0.3) is 0 Å². The highest BCUT2D eigenvalue weighted by molar-refractivity contribution is 5.73. The maximum absolute atomic E-state index is 11.5. The standard InChI is InChI=1S/C15H24N2O2/c1-3-4-7-11-16-15(18)17-12-10-13-8-5-6-9-14(13)19-2/h5-6,8-9H,3-4,7,10-12H2,1-2H3,(H2,16,17,18). The average Bonchev–Trinajstić information content (AvgIpc) is 2.44. The zero-order valence-electron chi connectivity index (χ0n) is 11.9. The summed E-state index contributed by atoms with van der Waals surface area (Å²) < 4.78 is 5.27. The molecule has 0 aliphatic carbocycles. The Kier molecular flexibility index (Phi) is 7.47. The van der Waals surface area contributed by atoms with Crippen molar-refractivity contribution in [3.05, 3.63) is 29.8 Å². The topological polar surface area (TPSA) is 50.4 Å². The highest BCUT2D eigenvalue weighted by atomic mass is 16.5. The van der Waals surface area contributed by atoms with Crippen LogP contribution >= 0.6 is 0 Å². The maximum Gasteiger partial charge on any atom is 0.314 e. The number of methoxy groups -OCH3 is 1. The van der Waals surface area contributed by atoms with E-state index in [-0.39, 0.29) is 6.03 Å². The Bertz CT molecular complexity index is 380. The summed E-state index contributed by atoms with van der Waals surface area (Å²) in [5.74, 6) is 0.868. The number of para-hydroxylation sites is 1. The Morgan fingerprint density at radius 1 is 1.16 bits per heavy atom. The van der Waals surface area contributed by atoms with Crippen LogP contribution in [-0.2, 0) is 6.42 Å². The number of unbranched alkanes of at least 4 members (excludes halogenated alkanes) is 2. The van der Waals surface area contributed by atoms with Crippen molar-refractivity contribution in [3.63, 3.8) is 0 Å². The number of urea groups is 1. The number of hydrogen-bond donors (Lipinski definition) is 2. The van der Waals surface area contributed by atoms with E-state index in [4.69, 9.17) is 4.74 Å². The van der Waals surface area contributed by atoms with Crippen LogP contribution in [0.2, 0.25) is 0 Å². The number of ether oxygens (including phenoxy) is 1. The minimum atomic E-state index is -0.0917. The summed E-state index contributed by atoms with van der Waals surface area (Å²) in [6.45, 7) is 3.50. The van der Waals surface area contributed by atoms with Crippen LogP contribution in [0.5, 0.6) is 5.75 Å². The van der Waals surface area contributed by atoms with Gasteiger partial charge in [-0.05, 0) is 24.5 Å². The van der Waals surface area contributed by atoms with E-state index >= 15 is 0 Å². The van der Waals surface area contributed by atoms with Crippen LogP contribution in [-0.4, -0.2) is 26.2 Å². The van der Waals surface area contributed by atoms with E-state index < -0.39 is 0 Å². The Balaban J connectivity index is 2.20. The Labute approximate surface area is 115 Å². The molecule has 0 aromatic heterocycles. The zero-order valence-corrected chi connectivity index (χ0v) is 11.9. The molecule has 0 fully saturated rings. The predicted molar refractivity (Wildman–Crippen MR) is 77.6 cm³/mol. The minimum Gasteiger partial charge on any atom is -0.496 e. The predicted octanol–water partition coefficient (Wildman–Crippen LogP) is 2.73. The first-order valence-electron chi connectivity index (χ1n) is 6.91. The number of hydrogen-bond acceptors (Lipinski definition) is 2. The van der Waals surface area contributed by atoms with Gasteiger partial charge >= 0.3 is 6.03 Å². The molecule has 0 radical (unpaired) electrons. The fourth-order valence-corrected chi connectivity index (χ4v) is 1.86. The van der Waals surface area contributed by atoms with Crippen LogP contribution in [0.25, 0.3) is 0 Å². The van der Waals surface area contributed by atoms with Crippen LogP contribution in [0.4, 0.5) is 4.79 Å². The molecule has 4 heteroatoms. The van der Waals surface area contributed by atoms with Crippen molar-refractivity contribution < 1.29 is 9.53 Å². The highest BCUT2D eigenvalue weighted by Crippen LogP contribution is 2.17. The van der Waals surface area contributed by atoms with Gasteiger partial charge in [-0.25, -0.2) is 4.79 Å². The van der Waals surface area contributed by atoms with E-state index in [0.717, 1.165) is 43.5 Å². The summed E-state index contributed by atoms with van der Waals surface area (Å²) in [5, 5.41) is 5.70. The second-order valence-electron chi connectivity index (χ2n) is 4.45. The summed E-state index contributed by atoms with van der Waals surface area (Å²) in [7, 11) is 1.66. The fourth-order valence-electron chi connectivity index (χ4n) is 1.86. The SMILES string of the molecule is CCCCCNC(=O)NCCc1ccccc1OC. The fraction of sp³-hybridized carbons (Fsp3) is 0.533. The number of carbonyl (C=O) groups is 1. The van der Waals surface area contributed by atoms with E-state index in [9.17, 15) is 4.79 Å². The molecule has 0 aliphatic heterocycles. The second kappa shape index (κ2) is 9.25. The lowest BCUT2D eigenvalue weighted by Gasteiger charge is -2.09. The first-order valence-corrected chi connectivity index (χ1v) is 6.91. The monoisotopic (exact) mass is 264 g/mol. The first kappa shape index (κ1) is 15.3. The van der Waals surface area contributed by atoms with Crippen LogP contribution in [0, 0.1) is 0 Å². The van der Waals surface area contributed by atoms with Crippen molar-refractivity contribution >= 4 is 6.03 Å². The second-order valence-corrected chi connectivity index (χ2v) is 4.45. The molecule has 2 N–H and O–H groups in total. The van der Waals surface area contributed by atoms with E-state index in [0.29, 0.717) is 6.54 Å². The van der Waals surface area contributed by atoms with Crippen molar-refractivity contribution in [1.29, 1.82) is 0 Å². The number of benzene rings is 1. The molecule has 0 saturated carbocycles. The molecule has 1 aromatic carbocycles. The van der Waals surface area contributed by atoms with Crippen LogP contribution in [0.3, 0.4) is 0 Å².